The van der Waals surface area contributed by atoms with Gasteiger partial charge in [0, 0.05) is 9.26 Å². The second-order valence-corrected chi connectivity index (χ2v) is 5.84. The molecule has 0 saturated carbocycles. The Bertz CT molecular complexity index is 719. The topological polar surface area (TPSA) is 58.2 Å². The van der Waals surface area contributed by atoms with Gasteiger partial charge in [0.2, 0.25) is 5.91 Å². The number of carbonyl (C=O) groups is 2. The van der Waals surface area contributed by atoms with Crippen LogP contribution in [-0.2, 0) is 4.79 Å². The van der Waals surface area contributed by atoms with Crippen LogP contribution in [0.25, 0.3) is 0 Å². The van der Waals surface area contributed by atoms with Crippen LogP contribution in [0.3, 0.4) is 0 Å². The minimum Gasteiger partial charge on any atom is -0.343 e. The van der Waals surface area contributed by atoms with Crippen LogP contribution < -0.4 is 10.6 Å². The first kappa shape index (κ1) is 16.4. The van der Waals surface area contributed by atoms with Crippen molar-refractivity contribution in [3.05, 3.63) is 63.0 Å². The van der Waals surface area contributed by atoms with Crippen molar-refractivity contribution in [3.63, 3.8) is 0 Å². The third kappa shape index (κ3) is 4.27. The zero-order valence-corrected chi connectivity index (χ0v) is 14.0. The molecule has 6 heteroatoms. The van der Waals surface area contributed by atoms with Crippen LogP contribution >= 0.6 is 22.6 Å². The van der Waals surface area contributed by atoms with Crippen LogP contribution in [0.15, 0.2) is 42.5 Å². The molecule has 0 atom stereocenters. The lowest BCUT2D eigenvalue weighted by Crippen LogP contribution is -2.33. The van der Waals surface area contributed by atoms with Gasteiger partial charge in [0.05, 0.1) is 12.1 Å². The number of amides is 2. The van der Waals surface area contributed by atoms with Gasteiger partial charge in [-0.2, -0.15) is 0 Å². The van der Waals surface area contributed by atoms with Gasteiger partial charge in [-0.1, -0.05) is 18.2 Å². The maximum Gasteiger partial charge on any atom is 0.254 e. The van der Waals surface area contributed by atoms with Gasteiger partial charge in [-0.15, -0.1) is 0 Å². The SMILES string of the molecule is Cc1ccc(NC(=O)CNC(=O)c2ccccc2F)cc1I. The zero-order chi connectivity index (χ0) is 16.1. The first-order chi connectivity index (χ1) is 10.5. The normalized spacial score (nSPS) is 10.1. The van der Waals surface area contributed by atoms with E-state index in [4.69, 9.17) is 0 Å². The number of rotatable bonds is 4. The molecule has 114 valence electrons. The summed E-state index contributed by atoms with van der Waals surface area (Å²) < 4.78 is 14.5. The Morgan fingerprint density at radius 1 is 1.18 bits per heavy atom. The Hall–Kier alpha value is -1.96. The number of hydrogen-bond donors (Lipinski definition) is 2. The monoisotopic (exact) mass is 412 g/mol. The van der Waals surface area contributed by atoms with Gasteiger partial charge >= 0.3 is 0 Å². The summed E-state index contributed by atoms with van der Waals surface area (Å²) in [6, 6.07) is 11.1. The molecular formula is C16H14FIN2O2. The molecule has 2 aromatic rings. The number of halogens is 2. The molecule has 0 heterocycles. The van der Waals surface area contributed by atoms with Gasteiger partial charge in [-0.25, -0.2) is 4.39 Å². The summed E-state index contributed by atoms with van der Waals surface area (Å²) in [5.74, 6) is -1.61. The second kappa shape index (κ2) is 7.35. The second-order valence-electron chi connectivity index (χ2n) is 4.67. The highest BCUT2D eigenvalue weighted by molar-refractivity contribution is 14.1. The maximum absolute atomic E-state index is 13.4. The van der Waals surface area contributed by atoms with Crippen molar-refractivity contribution in [3.8, 4) is 0 Å². The lowest BCUT2D eigenvalue weighted by molar-refractivity contribution is -0.115. The van der Waals surface area contributed by atoms with Crippen LogP contribution in [-0.4, -0.2) is 18.4 Å². The van der Waals surface area contributed by atoms with Crippen LogP contribution in [0.5, 0.6) is 0 Å². The van der Waals surface area contributed by atoms with Gasteiger partial charge in [0.1, 0.15) is 5.82 Å². The lowest BCUT2D eigenvalue weighted by Gasteiger charge is -2.08. The standard InChI is InChI=1S/C16H14FIN2O2/c1-10-6-7-11(8-14(10)18)20-15(21)9-19-16(22)12-4-2-3-5-13(12)17/h2-8H,9H2,1H3,(H,19,22)(H,20,21). The Morgan fingerprint density at radius 2 is 1.91 bits per heavy atom. The van der Waals surface area contributed by atoms with E-state index in [-0.39, 0.29) is 18.0 Å². The Balaban J connectivity index is 1.91. The van der Waals surface area contributed by atoms with Crippen molar-refractivity contribution >= 4 is 40.1 Å². The molecule has 0 unspecified atom stereocenters. The molecule has 0 aliphatic heterocycles. The van der Waals surface area contributed by atoms with Crippen molar-refractivity contribution in [1.29, 1.82) is 0 Å². The van der Waals surface area contributed by atoms with Gasteiger partial charge in [0.25, 0.3) is 5.91 Å². The van der Waals surface area contributed by atoms with E-state index < -0.39 is 11.7 Å². The Labute approximate surface area is 141 Å². The maximum atomic E-state index is 13.4. The van der Waals surface area contributed by atoms with Crippen LogP contribution in [0.1, 0.15) is 15.9 Å². The van der Waals surface area contributed by atoms with Gasteiger partial charge in [-0.3, -0.25) is 9.59 Å². The molecule has 0 spiro atoms. The van der Waals surface area contributed by atoms with Crippen molar-refractivity contribution in [1.82, 2.24) is 5.32 Å². The molecule has 0 bridgehead atoms. The quantitative estimate of drug-likeness (QED) is 0.759. The molecule has 2 aromatic carbocycles. The molecular weight excluding hydrogens is 398 g/mol. The average Bonchev–Trinajstić information content (AvgIpc) is 2.49. The summed E-state index contributed by atoms with van der Waals surface area (Å²) in [5, 5.41) is 5.07. The highest BCUT2D eigenvalue weighted by Gasteiger charge is 2.12. The van der Waals surface area contributed by atoms with Gasteiger partial charge in [-0.05, 0) is 59.3 Å². The predicted octanol–water partition coefficient (Wildman–Crippen LogP) is 3.11. The molecule has 0 aliphatic carbocycles. The third-order valence-electron chi connectivity index (χ3n) is 2.98. The molecule has 0 aromatic heterocycles. The molecule has 2 amide bonds. The van der Waals surface area contributed by atoms with E-state index in [2.05, 4.69) is 33.2 Å². The molecule has 2 rings (SSSR count). The Morgan fingerprint density at radius 3 is 2.59 bits per heavy atom. The molecule has 0 aliphatic rings. The van der Waals surface area contributed by atoms with Crippen LogP contribution in [0.4, 0.5) is 10.1 Å². The number of carbonyl (C=O) groups excluding carboxylic acids is 2. The summed E-state index contributed by atoms with van der Waals surface area (Å²) in [7, 11) is 0. The number of aryl methyl sites for hydroxylation is 1. The van der Waals surface area contributed by atoms with Crippen molar-refractivity contribution in [2.75, 3.05) is 11.9 Å². The third-order valence-corrected chi connectivity index (χ3v) is 4.15. The summed E-state index contributed by atoms with van der Waals surface area (Å²) in [6.45, 7) is 1.75. The number of nitrogens with one attached hydrogen (secondary N) is 2. The fourth-order valence-electron chi connectivity index (χ4n) is 1.78. The molecule has 2 N–H and O–H groups in total. The lowest BCUT2D eigenvalue weighted by atomic mass is 10.2. The van der Waals surface area contributed by atoms with E-state index in [1.807, 2.05) is 19.1 Å². The largest absolute Gasteiger partial charge is 0.343 e. The molecule has 22 heavy (non-hydrogen) atoms. The molecule has 0 saturated heterocycles. The first-order valence-electron chi connectivity index (χ1n) is 6.56. The van der Waals surface area contributed by atoms with Crippen molar-refractivity contribution in [2.24, 2.45) is 0 Å². The minimum absolute atomic E-state index is 0.0832. The van der Waals surface area contributed by atoms with Gasteiger partial charge < -0.3 is 10.6 Å². The summed E-state index contributed by atoms with van der Waals surface area (Å²) in [5.41, 5.74) is 1.69. The number of hydrogen-bond acceptors (Lipinski definition) is 2. The molecule has 0 fully saturated rings. The highest BCUT2D eigenvalue weighted by Crippen LogP contribution is 2.16. The van der Waals surface area contributed by atoms with E-state index in [0.717, 1.165) is 9.13 Å². The first-order valence-corrected chi connectivity index (χ1v) is 7.64. The van der Waals surface area contributed by atoms with E-state index in [0.29, 0.717) is 5.69 Å². The average molecular weight is 412 g/mol. The van der Waals surface area contributed by atoms with Crippen molar-refractivity contribution < 1.29 is 14.0 Å². The molecule has 0 radical (unpaired) electrons. The van der Waals surface area contributed by atoms with Crippen LogP contribution in [0.2, 0.25) is 0 Å². The number of benzene rings is 2. The molecule has 4 nitrogen and oxygen atoms in total. The fourth-order valence-corrected chi connectivity index (χ4v) is 2.29. The fraction of sp³-hybridized carbons (Fsp3) is 0.125. The number of anilines is 1. The zero-order valence-electron chi connectivity index (χ0n) is 11.8. The minimum atomic E-state index is -0.619. The summed E-state index contributed by atoms with van der Waals surface area (Å²) >= 11 is 2.18. The van der Waals surface area contributed by atoms with E-state index in [1.165, 1.54) is 18.2 Å². The van der Waals surface area contributed by atoms with Gasteiger partial charge in [0.15, 0.2) is 0 Å². The predicted molar refractivity (Wildman–Crippen MR) is 91.3 cm³/mol. The van der Waals surface area contributed by atoms with E-state index in [1.54, 1.807) is 12.1 Å². The highest BCUT2D eigenvalue weighted by atomic mass is 127. The summed E-state index contributed by atoms with van der Waals surface area (Å²) in [6.07, 6.45) is 0. The summed E-state index contributed by atoms with van der Waals surface area (Å²) in [4.78, 5) is 23.6. The van der Waals surface area contributed by atoms with Crippen molar-refractivity contribution in [2.45, 2.75) is 6.92 Å². The van der Waals surface area contributed by atoms with Crippen LogP contribution in [0, 0.1) is 16.3 Å². The Kier molecular flexibility index (Phi) is 5.48. The smallest absolute Gasteiger partial charge is 0.254 e. The van der Waals surface area contributed by atoms with E-state index >= 15 is 0 Å². The van der Waals surface area contributed by atoms with E-state index in [9.17, 15) is 14.0 Å².